The number of amides is 5. The number of pyridine rings is 3. The average Bonchev–Trinajstić information content (AvgIpc) is 3.91. The van der Waals surface area contributed by atoms with Crippen LogP contribution in [0.1, 0.15) is 102 Å². The summed E-state index contributed by atoms with van der Waals surface area (Å²) in [5, 5.41) is 5.25. The number of thiophene rings is 1. The number of hydrogen-bond acceptors (Lipinski definition) is 15. The number of carbonyl (C=O) groups excluding carboxylic acids is 5. The van der Waals surface area contributed by atoms with Crippen molar-refractivity contribution in [1.82, 2.24) is 29.7 Å². The van der Waals surface area contributed by atoms with Crippen LogP contribution < -0.4 is 30.9 Å². The number of benzene rings is 1. The van der Waals surface area contributed by atoms with Gasteiger partial charge in [0, 0.05) is 103 Å². The van der Waals surface area contributed by atoms with Crippen molar-refractivity contribution in [3.05, 3.63) is 109 Å². The Balaban J connectivity index is 0.767. The normalized spacial score (nSPS) is 21.6. The second kappa shape index (κ2) is 19.3. The Morgan fingerprint density at radius 1 is 0.849 bits per heavy atom. The van der Waals surface area contributed by atoms with E-state index < -0.39 is 56.6 Å². The van der Waals surface area contributed by atoms with Crippen molar-refractivity contribution in [3.8, 4) is 11.1 Å². The van der Waals surface area contributed by atoms with Gasteiger partial charge in [0.2, 0.25) is 11.8 Å². The highest BCUT2D eigenvalue weighted by atomic mass is 32.1. The fourth-order valence-electron chi connectivity index (χ4n) is 11.4. The smallest absolute Gasteiger partial charge is 0.371 e. The summed E-state index contributed by atoms with van der Waals surface area (Å²) in [7, 11) is -5.06. The standard InChI is InChI=1S/C51H55N10O10PS/c1-29-26-58(31-14-18-57(19-15-31)32-7-9-37-38(24-32)49(65)61(48(37)64)41-10-12-44(62)55-47(41)63)21-22-59(29)33-8-11-43(53-25-33)54-40-23-30(27-56(2)50(40)66)34-13-17-52-46(39(34)28-71-72(68,69)70)60-20-16-36-35-5-3-4-6-42(35)73-45(36)51(60)67/h7-9,11,13,17,23-25,27,29,31,41H,3-6,10,12,14-16,18-22,26,28H2,1-2H3,(H,53,54)(H,55,62,63)(H2,68,69,70)/t29-,41-/m0/s1/i2D3. The first-order valence-electron chi connectivity index (χ1n) is 26.1. The monoisotopic (exact) mass is 1030 g/mol. The van der Waals surface area contributed by atoms with Crippen LogP contribution in [0.25, 0.3) is 11.1 Å². The van der Waals surface area contributed by atoms with E-state index in [-0.39, 0.29) is 76.5 Å². The number of aryl methyl sites for hydroxylation is 2. The van der Waals surface area contributed by atoms with Gasteiger partial charge in [-0.15, -0.1) is 11.3 Å². The summed E-state index contributed by atoms with van der Waals surface area (Å²) in [6.07, 6.45) is 10.7. The molecule has 20 nitrogen and oxygen atoms in total. The lowest BCUT2D eigenvalue weighted by Crippen LogP contribution is -2.57. The van der Waals surface area contributed by atoms with Gasteiger partial charge in [0.25, 0.3) is 23.3 Å². The van der Waals surface area contributed by atoms with Gasteiger partial charge in [-0.2, -0.15) is 0 Å². The van der Waals surface area contributed by atoms with Crippen molar-refractivity contribution in [2.24, 2.45) is 6.98 Å². The number of nitrogens with one attached hydrogen (secondary N) is 2. The van der Waals surface area contributed by atoms with Crippen LogP contribution in [-0.4, -0.2) is 121 Å². The maximum absolute atomic E-state index is 14.2. The lowest BCUT2D eigenvalue weighted by Gasteiger charge is -2.46. The third-order valence-electron chi connectivity index (χ3n) is 15.1. The maximum atomic E-state index is 14.2. The highest BCUT2D eigenvalue weighted by Gasteiger charge is 2.45. The molecule has 380 valence electrons. The quantitative estimate of drug-likeness (QED) is 0.101. The fourth-order valence-corrected chi connectivity index (χ4v) is 13.1. The molecule has 4 aromatic heterocycles. The summed E-state index contributed by atoms with van der Waals surface area (Å²) in [6, 6.07) is 11.2. The lowest BCUT2D eigenvalue weighted by molar-refractivity contribution is -0.136. The van der Waals surface area contributed by atoms with Crippen LogP contribution >= 0.6 is 19.2 Å². The highest BCUT2D eigenvalue weighted by molar-refractivity contribution is 7.46. The highest BCUT2D eigenvalue weighted by Crippen LogP contribution is 2.43. The molecule has 6 aliphatic rings. The van der Waals surface area contributed by atoms with Gasteiger partial charge in [-0.05, 0) is 117 Å². The summed E-state index contributed by atoms with van der Waals surface area (Å²) in [5.41, 5.74) is 3.98. The second-order valence-electron chi connectivity index (χ2n) is 19.4. The van der Waals surface area contributed by atoms with Crippen LogP contribution in [0.2, 0.25) is 0 Å². The fraction of sp³-hybridized carbons (Fsp3) is 0.412. The van der Waals surface area contributed by atoms with E-state index in [9.17, 15) is 43.1 Å². The molecular weight excluding hydrogens is 976 g/mol. The van der Waals surface area contributed by atoms with E-state index in [4.69, 9.17) is 8.64 Å². The molecule has 3 saturated heterocycles. The Kier molecular flexibility index (Phi) is 11.9. The van der Waals surface area contributed by atoms with E-state index in [2.05, 4.69) is 42.2 Å². The SMILES string of the molecule is [2H]C([2H])([2H])n1cc(-c2ccnc(N3CCc4c(sc5c4CCCC5)C3=O)c2COP(=O)(O)O)cc(Nc2ccc(N3CCN(C4CCN(c5ccc6c(c5)C(=O)N([C@H]5CCC(=O)NC5=O)C6=O)CC4)C[C@@H]3C)cn2)c1=O. The van der Waals surface area contributed by atoms with Gasteiger partial charge in [0.05, 0.1) is 34.5 Å². The summed E-state index contributed by atoms with van der Waals surface area (Å²) < 4.78 is 42.6. The maximum Gasteiger partial charge on any atom is 0.469 e. The number of fused-ring (bicyclic) bond motifs is 4. The van der Waals surface area contributed by atoms with E-state index in [1.165, 1.54) is 45.0 Å². The van der Waals surface area contributed by atoms with E-state index in [1.807, 2.05) is 12.1 Å². The topological polar surface area (TPSA) is 240 Å². The first-order valence-corrected chi connectivity index (χ1v) is 26.9. The number of phosphoric ester groups is 1. The van der Waals surface area contributed by atoms with Gasteiger partial charge >= 0.3 is 7.82 Å². The van der Waals surface area contributed by atoms with E-state index in [1.54, 1.807) is 24.4 Å². The molecular formula is C51H55N10O10PS. The zero-order chi connectivity index (χ0) is 53.4. The molecule has 0 saturated carbocycles. The Morgan fingerprint density at radius 3 is 2.40 bits per heavy atom. The van der Waals surface area contributed by atoms with Gasteiger partial charge < -0.3 is 29.5 Å². The van der Waals surface area contributed by atoms with Crippen LogP contribution in [0, 0.1) is 0 Å². The number of imide groups is 2. The number of hydrogen-bond donors (Lipinski definition) is 4. The summed E-state index contributed by atoms with van der Waals surface area (Å²) in [6.45, 7) is 2.55. The molecule has 5 aromatic rings. The van der Waals surface area contributed by atoms with Crippen molar-refractivity contribution >= 4 is 77.4 Å². The van der Waals surface area contributed by atoms with E-state index in [0.29, 0.717) is 28.5 Å². The molecule has 73 heavy (non-hydrogen) atoms. The molecule has 1 aromatic carbocycles. The van der Waals surface area contributed by atoms with Gasteiger partial charge in [0.1, 0.15) is 23.4 Å². The molecule has 0 unspecified atom stereocenters. The number of carbonyl (C=O) groups is 5. The molecule has 0 radical (unpaired) electrons. The molecule has 5 amide bonds. The Labute approximate surface area is 428 Å². The first kappa shape index (κ1) is 45.0. The van der Waals surface area contributed by atoms with Crippen molar-refractivity contribution in [2.75, 3.05) is 59.3 Å². The van der Waals surface area contributed by atoms with E-state index in [0.717, 1.165) is 92.7 Å². The summed E-state index contributed by atoms with van der Waals surface area (Å²) >= 11 is 1.47. The number of aromatic nitrogens is 3. The zero-order valence-electron chi connectivity index (χ0n) is 42.9. The molecule has 22 heteroatoms. The predicted molar refractivity (Wildman–Crippen MR) is 272 cm³/mol. The van der Waals surface area contributed by atoms with Crippen molar-refractivity contribution < 1.29 is 47.0 Å². The Hall–Kier alpha value is -6.61. The minimum absolute atomic E-state index is 0.0528. The number of piperazine rings is 1. The van der Waals surface area contributed by atoms with Gasteiger partial charge in [0.15, 0.2) is 0 Å². The van der Waals surface area contributed by atoms with Crippen molar-refractivity contribution in [2.45, 2.75) is 89.4 Å². The summed E-state index contributed by atoms with van der Waals surface area (Å²) in [5.74, 6) is -2.07. The molecule has 4 N–H and O–H groups in total. The van der Waals surface area contributed by atoms with Crippen LogP contribution in [0.3, 0.4) is 0 Å². The van der Waals surface area contributed by atoms with E-state index >= 15 is 0 Å². The minimum atomic E-state index is -5.06. The Morgan fingerprint density at radius 2 is 1.64 bits per heavy atom. The summed E-state index contributed by atoms with van der Waals surface area (Å²) in [4.78, 5) is 119. The third-order valence-corrected chi connectivity index (χ3v) is 16.9. The molecule has 0 spiro atoms. The first-order chi connectivity index (χ1) is 36.3. The predicted octanol–water partition coefficient (Wildman–Crippen LogP) is 4.92. The van der Waals surface area contributed by atoms with Crippen LogP contribution in [0.15, 0.2) is 65.8 Å². The molecule has 2 atom stereocenters. The van der Waals surface area contributed by atoms with Crippen LogP contribution in [-0.2, 0) is 51.5 Å². The van der Waals surface area contributed by atoms with Crippen molar-refractivity contribution in [3.63, 3.8) is 0 Å². The molecule has 1 aliphatic carbocycles. The lowest BCUT2D eigenvalue weighted by atomic mass is 9.92. The van der Waals surface area contributed by atoms with Gasteiger partial charge in [-0.3, -0.25) is 53.3 Å². The zero-order valence-corrected chi connectivity index (χ0v) is 41.6. The molecule has 9 heterocycles. The minimum Gasteiger partial charge on any atom is -0.371 e. The molecule has 5 aliphatic heterocycles. The molecule has 11 rings (SSSR count). The largest absolute Gasteiger partial charge is 0.469 e. The van der Waals surface area contributed by atoms with Gasteiger partial charge in [-0.1, -0.05) is 0 Å². The molecule has 3 fully saturated rings. The van der Waals surface area contributed by atoms with Crippen LogP contribution in [0.5, 0.6) is 0 Å². The number of nitrogens with zero attached hydrogens (tertiary/aromatic N) is 8. The number of anilines is 5. The number of rotatable bonds is 11. The Bertz CT molecular complexity index is 3320. The van der Waals surface area contributed by atoms with Crippen molar-refractivity contribution in [1.29, 1.82) is 0 Å². The number of piperidine rings is 2. The average molecular weight is 1030 g/mol. The number of phosphoric acid groups is 1. The van der Waals surface area contributed by atoms with Crippen LogP contribution in [0.4, 0.5) is 28.7 Å². The van der Waals surface area contributed by atoms with Gasteiger partial charge in [-0.25, -0.2) is 14.5 Å². The third kappa shape index (κ3) is 9.27. The molecule has 0 bridgehead atoms. The second-order valence-corrected chi connectivity index (χ2v) is 21.8.